The fraction of sp³-hybridized carbons (Fsp3) is 0.292. The third kappa shape index (κ3) is 4.94. The summed E-state index contributed by atoms with van der Waals surface area (Å²) >= 11 is 1.33. The highest BCUT2D eigenvalue weighted by Crippen LogP contribution is 2.21. The van der Waals surface area contributed by atoms with Gasteiger partial charge in [-0.05, 0) is 60.9 Å². The van der Waals surface area contributed by atoms with Gasteiger partial charge >= 0.3 is 0 Å². The second-order valence-corrected chi connectivity index (χ2v) is 8.20. The molecule has 6 nitrogen and oxygen atoms in total. The van der Waals surface area contributed by atoms with Crippen molar-refractivity contribution in [2.45, 2.75) is 33.1 Å². The van der Waals surface area contributed by atoms with Crippen molar-refractivity contribution in [3.8, 4) is 22.9 Å². The van der Waals surface area contributed by atoms with Crippen molar-refractivity contribution < 1.29 is 9.47 Å². The average Bonchev–Trinajstić information content (AvgIpc) is 3.33. The fourth-order valence-corrected chi connectivity index (χ4v) is 3.93. The Hall–Kier alpha value is -3.19. The van der Waals surface area contributed by atoms with E-state index in [1.165, 1.54) is 15.9 Å². The van der Waals surface area contributed by atoms with Gasteiger partial charge in [0.2, 0.25) is 4.96 Å². The van der Waals surface area contributed by atoms with Crippen molar-refractivity contribution in [1.29, 1.82) is 0 Å². The molecule has 0 N–H and O–H groups in total. The van der Waals surface area contributed by atoms with Crippen molar-refractivity contribution in [1.82, 2.24) is 14.6 Å². The summed E-state index contributed by atoms with van der Waals surface area (Å²) in [5.41, 5.74) is 1.63. The Morgan fingerprint density at radius 3 is 2.26 bits per heavy atom. The molecule has 7 heteroatoms. The monoisotopic (exact) mass is 435 g/mol. The topological polar surface area (TPSA) is 65.7 Å². The third-order valence-corrected chi connectivity index (χ3v) is 5.67. The average molecular weight is 436 g/mol. The van der Waals surface area contributed by atoms with Crippen molar-refractivity contribution in [3.05, 3.63) is 69.0 Å². The molecule has 0 aliphatic heterocycles. The minimum atomic E-state index is -0.162. The molecule has 0 aliphatic carbocycles. The first-order chi connectivity index (χ1) is 15.2. The summed E-state index contributed by atoms with van der Waals surface area (Å²) in [4.78, 5) is 17.9. The van der Waals surface area contributed by atoms with E-state index in [0.717, 1.165) is 41.9 Å². The molecule has 0 radical (unpaired) electrons. The van der Waals surface area contributed by atoms with Gasteiger partial charge in [-0.3, -0.25) is 4.79 Å². The quantitative estimate of drug-likeness (QED) is 0.366. The molecule has 0 bridgehead atoms. The van der Waals surface area contributed by atoms with Crippen LogP contribution in [-0.4, -0.2) is 27.8 Å². The normalized spacial score (nSPS) is 11.9. The molecule has 2 aromatic heterocycles. The van der Waals surface area contributed by atoms with Crippen LogP contribution in [0.2, 0.25) is 0 Å². The first-order valence-corrected chi connectivity index (χ1v) is 11.4. The van der Waals surface area contributed by atoms with Crippen LogP contribution in [0.5, 0.6) is 11.5 Å². The van der Waals surface area contributed by atoms with E-state index in [-0.39, 0.29) is 5.56 Å². The Morgan fingerprint density at radius 2 is 1.61 bits per heavy atom. The predicted molar refractivity (Wildman–Crippen MR) is 124 cm³/mol. The van der Waals surface area contributed by atoms with Crippen molar-refractivity contribution in [2.24, 2.45) is 0 Å². The molecule has 4 aromatic rings. The summed E-state index contributed by atoms with van der Waals surface area (Å²) in [5, 5.41) is 4.42. The minimum Gasteiger partial charge on any atom is -0.494 e. The lowest BCUT2D eigenvalue weighted by molar-refractivity contribution is 0.309. The van der Waals surface area contributed by atoms with E-state index < -0.39 is 0 Å². The van der Waals surface area contributed by atoms with Gasteiger partial charge in [-0.2, -0.15) is 9.50 Å². The number of ether oxygens (including phenoxy) is 2. The predicted octanol–water partition coefficient (Wildman–Crippen LogP) is 4.33. The lowest BCUT2D eigenvalue weighted by Crippen LogP contribution is -2.23. The van der Waals surface area contributed by atoms with Crippen LogP contribution in [0.4, 0.5) is 0 Å². The van der Waals surface area contributed by atoms with Gasteiger partial charge in [-0.15, -0.1) is 5.10 Å². The smallest absolute Gasteiger partial charge is 0.291 e. The highest BCUT2D eigenvalue weighted by atomic mass is 32.1. The Bertz CT molecular complexity index is 1240. The molecule has 160 valence electrons. The van der Waals surface area contributed by atoms with Gasteiger partial charge in [-0.25, -0.2) is 0 Å². The van der Waals surface area contributed by atoms with E-state index in [2.05, 4.69) is 23.9 Å². The fourth-order valence-electron chi connectivity index (χ4n) is 3.02. The van der Waals surface area contributed by atoms with Gasteiger partial charge in [0.25, 0.3) is 5.56 Å². The van der Waals surface area contributed by atoms with Crippen LogP contribution in [0.3, 0.4) is 0 Å². The molecule has 0 aliphatic rings. The van der Waals surface area contributed by atoms with E-state index in [1.54, 1.807) is 0 Å². The Labute approximate surface area is 184 Å². The molecule has 0 atom stereocenters. The van der Waals surface area contributed by atoms with Crippen LogP contribution in [0.1, 0.15) is 38.7 Å². The van der Waals surface area contributed by atoms with Gasteiger partial charge in [-0.1, -0.05) is 43.7 Å². The molecular weight excluding hydrogens is 410 g/mol. The zero-order valence-electron chi connectivity index (χ0n) is 17.7. The van der Waals surface area contributed by atoms with Crippen molar-refractivity contribution in [2.75, 3.05) is 13.2 Å². The number of unbranched alkanes of at least 4 members (excludes halogenated alkanes) is 1. The third-order valence-electron chi connectivity index (χ3n) is 4.71. The molecule has 0 fully saturated rings. The van der Waals surface area contributed by atoms with Crippen LogP contribution in [-0.2, 0) is 0 Å². The Kier molecular flexibility index (Phi) is 6.62. The summed E-state index contributed by atoms with van der Waals surface area (Å²) in [6, 6.07) is 15.4. The molecule has 0 saturated carbocycles. The number of aromatic nitrogens is 3. The standard InChI is InChI=1S/C24H25N3O3S/c1-3-5-15-30-20-12-8-18(9-13-20)22-25-24-27(26-22)23(28)21(31-24)16-17-6-10-19(11-7-17)29-14-4-2/h6-13,16H,3-5,14-15H2,1-2H3/b21-16-. The summed E-state index contributed by atoms with van der Waals surface area (Å²) in [6.07, 6.45) is 4.95. The molecular formula is C24H25N3O3S. The van der Waals surface area contributed by atoms with Crippen molar-refractivity contribution >= 4 is 22.4 Å². The Morgan fingerprint density at radius 1 is 0.935 bits per heavy atom. The summed E-state index contributed by atoms with van der Waals surface area (Å²) < 4.78 is 13.3. The second-order valence-electron chi connectivity index (χ2n) is 7.19. The maximum atomic E-state index is 12.8. The Balaban J connectivity index is 1.54. The number of rotatable bonds is 9. The molecule has 31 heavy (non-hydrogen) atoms. The zero-order valence-corrected chi connectivity index (χ0v) is 18.5. The maximum absolute atomic E-state index is 12.8. The number of hydrogen-bond donors (Lipinski definition) is 0. The number of benzene rings is 2. The van der Waals surface area contributed by atoms with Crippen LogP contribution < -0.4 is 19.6 Å². The van der Waals surface area contributed by atoms with E-state index in [1.807, 2.05) is 54.6 Å². The summed E-state index contributed by atoms with van der Waals surface area (Å²) in [6.45, 7) is 5.61. The van der Waals surface area contributed by atoms with Crippen LogP contribution in [0, 0.1) is 0 Å². The molecule has 4 rings (SSSR count). The number of thiazole rings is 1. The van der Waals surface area contributed by atoms with E-state index in [9.17, 15) is 4.79 Å². The molecule has 2 aromatic carbocycles. The van der Waals surface area contributed by atoms with Gasteiger partial charge in [0.05, 0.1) is 17.7 Å². The summed E-state index contributed by atoms with van der Waals surface area (Å²) in [5.74, 6) is 2.19. The molecule has 0 saturated heterocycles. The van der Waals surface area contributed by atoms with E-state index in [4.69, 9.17) is 9.47 Å². The minimum absolute atomic E-state index is 0.162. The second kappa shape index (κ2) is 9.75. The highest BCUT2D eigenvalue weighted by molar-refractivity contribution is 7.15. The highest BCUT2D eigenvalue weighted by Gasteiger charge is 2.12. The van der Waals surface area contributed by atoms with E-state index >= 15 is 0 Å². The molecule has 2 heterocycles. The molecule has 0 spiro atoms. The van der Waals surface area contributed by atoms with Gasteiger partial charge in [0.15, 0.2) is 5.82 Å². The van der Waals surface area contributed by atoms with Crippen molar-refractivity contribution in [3.63, 3.8) is 0 Å². The lowest BCUT2D eigenvalue weighted by Gasteiger charge is -2.05. The molecule has 0 unspecified atom stereocenters. The number of fused-ring (bicyclic) bond motifs is 1. The zero-order chi connectivity index (χ0) is 21.6. The SMILES string of the molecule is CCCCOc1ccc(-c2nc3s/c(=C\c4ccc(OCCC)cc4)c(=O)n3n2)cc1. The van der Waals surface area contributed by atoms with Gasteiger partial charge in [0.1, 0.15) is 11.5 Å². The van der Waals surface area contributed by atoms with Crippen LogP contribution in [0.25, 0.3) is 22.4 Å². The summed E-state index contributed by atoms with van der Waals surface area (Å²) in [7, 11) is 0. The van der Waals surface area contributed by atoms with Gasteiger partial charge in [0, 0.05) is 5.56 Å². The van der Waals surface area contributed by atoms with Crippen LogP contribution in [0.15, 0.2) is 53.3 Å². The first-order valence-electron chi connectivity index (χ1n) is 10.6. The number of hydrogen-bond acceptors (Lipinski definition) is 6. The van der Waals surface area contributed by atoms with Crippen LogP contribution >= 0.6 is 11.3 Å². The van der Waals surface area contributed by atoms with E-state index in [0.29, 0.717) is 28.5 Å². The lowest BCUT2D eigenvalue weighted by atomic mass is 10.2. The maximum Gasteiger partial charge on any atom is 0.291 e. The number of nitrogens with zero attached hydrogens (tertiary/aromatic N) is 3. The van der Waals surface area contributed by atoms with Gasteiger partial charge < -0.3 is 9.47 Å². The first kappa shape index (κ1) is 21.1. The largest absolute Gasteiger partial charge is 0.494 e. The molecule has 0 amide bonds.